The van der Waals surface area contributed by atoms with Crippen LogP contribution in [-0.2, 0) is 0 Å². The van der Waals surface area contributed by atoms with Crippen molar-refractivity contribution in [1.82, 2.24) is 0 Å². The fourth-order valence-corrected chi connectivity index (χ4v) is 2.53. The molecule has 0 atom stereocenters. The molecule has 21 heavy (non-hydrogen) atoms. The Labute approximate surface area is 131 Å². The second-order valence-corrected chi connectivity index (χ2v) is 5.65. The van der Waals surface area contributed by atoms with E-state index in [4.69, 9.17) is 5.21 Å². The Hall–Kier alpha value is -2.14. The first kappa shape index (κ1) is 15.3. The zero-order valence-corrected chi connectivity index (χ0v) is 13.3. The van der Waals surface area contributed by atoms with Gasteiger partial charge in [-0.05, 0) is 55.3 Å². The van der Waals surface area contributed by atoms with Crippen molar-refractivity contribution in [2.24, 2.45) is 5.16 Å². The molecule has 4 nitrogen and oxygen atoms in total. The van der Waals surface area contributed by atoms with Gasteiger partial charge < -0.3 is 10.5 Å². The molecule has 2 rings (SSSR count). The van der Waals surface area contributed by atoms with E-state index in [0.717, 1.165) is 15.6 Å². The van der Waals surface area contributed by atoms with Crippen molar-refractivity contribution < 1.29 is 10.0 Å². The number of halogens is 1. The summed E-state index contributed by atoms with van der Waals surface area (Å²) in [5, 5.41) is 14.7. The van der Waals surface area contributed by atoms with Crippen LogP contribution in [0, 0.1) is 6.92 Å². The highest BCUT2D eigenvalue weighted by Crippen LogP contribution is 2.17. The lowest BCUT2D eigenvalue weighted by Gasteiger charge is -2.07. The maximum Gasteiger partial charge on any atom is 0.255 e. The Morgan fingerprint density at radius 2 is 1.81 bits per heavy atom. The van der Waals surface area contributed by atoms with Gasteiger partial charge >= 0.3 is 0 Å². The Bertz CT molecular complexity index is 674. The lowest BCUT2D eigenvalue weighted by atomic mass is 10.1. The molecule has 0 spiro atoms. The predicted molar refractivity (Wildman–Crippen MR) is 87.3 cm³/mol. The van der Waals surface area contributed by atoms with Crippen LogP contribution in [0.5, 0.6) is 0 Å². The Morgan fingerprint density at radius 3 is 2.38 bits per heavy atom. The molecular weight excluding hydrogens is 332 g/mol. The summed E-state index contributed by atoms with van der Waals surface area (Å²) in [7, 11) is 0. The number of oxime groups is 1. The summed E-state index contributed by atoms with van der Waals surface area (Å²) in [5.41, 5.74) is 3.62. The second kappa shape index (κ2) is 6.54. The Balaban J connectivity index is 2.16. The van der Waals surface area contributed by atoms with Crippen molar-refractivity contribution in [3.8, 4) is 0 Å². The third-order valence-corrected chi connectivity index (χ3v) is 3.47. The molecule has 0 radical (unpaired) electrons. The van der Waals surface area contributed by atoms with E-state index in [9.17, 15) is 4.79 Å². The van der Waals surface area contributed by atoms with Crippen LogP contribution < -0.4 is 5.32 Å². The molecule has 0 unspecified atom stereocenters. The third-order valence-electron chi connectivity index (χ3n) is 3.01. The number of hydrogen-bond donors (Lipinski definition) is 2. The van der Waals surface area contributed by atoms with Crippen LogP contribution in [0.25, 0.3) is 0 Å². The van der Waals surface area contributed by atoms with Crippen molar-refractivity contribution in [2.45, 2.75) is 13.8 Å². The number of anilines is 1. The number of carbonyl (C=O) groups excluding carboxylic acids is 1. The highest BCUT2D eigenvalue weighted by molar-refractivity contribution is 9.10. The molecule has 2 aromatic carbocycles. The van der Waals surface area contributed by atoms with Crippen molar-refractivity contribution in [3.63, 3.8) is 0 Å². The van der Waals surface area contributed by atoms with Gasteiger partial charge in [0.15, 0.2) is 0 Å². The summed E-state index contributed by atoms with van der Waals surface area (Å²) in [6, 6.07) is 12.7. The fourth-order valence-electron chi connectivity index (χ4n) is 1.92. The number of hydrogen-bond acceptors (Lipinski definition) is 3. The SMILES string of the molecule is C/C(=N/O)c1ccc(NC(=O)c2cc(C)cc(Br)c2)cc1. The minimum atomic E-state index is -0.167. The molecule has 0 aliphatic carbocycles. The summed E-state index contributed by atoms with van der Waals surface area (Å²) in [6.07, 6.45) is 0. The van der Waals surface area contributed by atoms with Crippen LogP contribution in [0.4, 0.5) is 5.69 Å². The summed E-state index contributed by atoms with van der Waals surface area (Å²) < 4.78 is 0.873. The van der Waals surface area contributed by atoms with E-state index in [2.05, 4.69) is 26.4 Å². The average Bonchev–Trinajstić information content (AvgIpc) is 2.46. The molecule has 0 fully saturated rings. The largest absolute Gasteiger partial charge is 0.411 e. The lowest BCUT2D eigenvalue weighted by Crippen LogP contribution is -2.12. The van der Waals surface area contributed by atoms with Crippen LogP contribution in [-0.4, -0.2) is 16.8 Å². The molecule has 2 N–H and O–H groups in total. The van der Waals surface area contributed by atoms with Gasteiger partial charge in [0.1, 0.15) is 0 Å². The Morgan fingerprint density at radius 1 is 1.14 bits per heavy atom. The van der Waals surface area contributed by atoms with Crippen LogP contribution in [0.1, 0.15) is 28.4 Å². The van der Waals surface area contributed by atoms with Crippen LogP contribution in [0.3, 0.4) is 0 Å². The molecule has 108 valence electrons. The van der Waals surface area contributed by atoms with Crippen LogP contribution >= 0.6 is 15.9 Å². The molecule has 0 aliphatic rings. The van der Waals surface area contributed by atoms with Gasteiger partial charge in [0, 0.05) is 15.7 Å². The van der Waals surface area contributed by atoms with E-state index in [1.165, 1.54) is 0 Å². The molecule has 2 aromatic rings. The molecule has 0 aliphatic heterocycles. The number of rotatable bonds is 3. The molecular formula is C16H15BrN2O2. The zero-order valence-electron chi connectivity index (χ0n) is 11.7. The van der Waals surface area contributed by atoms with Crippen molar-refractivity contribution >= 4 is 33.2 Å². The fraction of sp³-hybridized carbons (Fsp3) is 0.125. The summed E-state index contributed by atoms with van der Waals surface area (Å²) >= 11 is 3.38. The monoisotopic (exact) mass is 346 g/mol. The van der Waals surface area contributed by atoms with Crippen molar-refractivity contribution in [1.29, 1.82) is 0 Å². The highest BCUT2D eigenvalue weighted by Gasteiger charge is 2.08. The first-order chi connectivity index (χ1) is 9.99. The third kappa shape index (κ3) is 3.92. The van der Waals surface area contributed by atoms with E-state index in [-0.39, 0.29) is 5.91 Å². The quantitative estimate of drug-likeness (QED) is 0.496. The van der Waals surface area contributed by atoms with Crippen molar-refractivity contribution in [3.05, 3.63) is 63.6 Å². The molecule has 0 heterocycles. The van der Waals surface area contributed by atoms with E-state index >= 15 is 0 Å². The summed E-state index contributed by atoms with van der Waals surface area (Å²) in [4.78, 5) is 12.2. The smallest absolute Gasteiger partial charge is 0.255 e. The number of nitrogens with zero attached hydrogens (tertiary/aromatic N) is 1. The van der Waals surface area contributed by atoms with Crippen LogP contribution in [0.15, 0.2) is 52.1 Å². The van der Waals surface area contributed by atoms with Gasteiger partial charge in [0.05, 0.1) is 5.71 Å². The number of carbonyl (C=O) groups is 1. The predicted octanol–water partition coefficient (Wildman–Crippen LogP) is 4.21. The first-order valence-electron chi connectivity index (χ1n) is 6.37. The molecule has 1 amide bonds. The number of nitrogens with one attached hydrogen (secondary N) is 1. The standard InChI is InChI=1S/C16H15BrN2O2/c1-10-7-13(9-14(17)8-10)16(20)18-15-5-3-12(4-6-15)11(2)19-21/h3-9,21H,1-2H3,(H,18,20)/b19-11-. The lowest BCUT2D eigenvalue weighted by molar-refractivity contribution is 0.102. The van der Waals surface area contributed by atoms with E-state index < -0.39 is 0 Å². The van der Waals surface area contributed by atoms with Gasteiger partial charge in [-0.1, -0.05) is 33.2 Å². The van der Waals surface area contributed by atoms with Gasteiger partial charge in [0.25, 0.3) is 5.91 Å². The Kier molecular flexibility index (Phi) is 4.75. The van der Waals surface area contributed by atoms with Gasteiger partial charge in [0.2, 0.25) is 0 Å². The van der Waals surface area contributed by atoms with E-state index in [1.807, 2.05) is 19.1 Å². The zero-order chi connectivity index (χ0) is 15.4. The minimum absolute atomic E-state index is 0.167. The van der Waals surface area contributed by atoms with Gasteiger partial charge in [-0.25, -0.2) is 0 Å². The maximum atomic E-state index is 12.2. The second-order valence-electron chi connectivity index (χ2n) is 4.73. The van der Waals surface area contributed by atoms with Crippen LogP contribution in [0.2, 0.25) is 0 Å². The van der Waals surface area contributed by atoms with Crippen molar-refractivity contribution in [2.75, 3.05) is 5.32 Å². The number of benzene rings is 2. The highest BCUT2D eigenvalue weighted by atomic mass is 79.9. The summed E-state index contributed by atoms with van der Waals surface area (Å²) in [6.45, 7) is 3.64. The molecule has 0 aromatic heterocycles. The average molecular weight is 347 g/mol. The van der Waals surface area contributed by atoms with Gasteiger partial charge in [-0.3, -0.25) is 4.79 Å². The first-order valence-corrected chi connectivity index (χ1v) is 7.16. The normalized spacial score (nSPS) is 11.3. The number of aryl methyl sites for hydroxylation is 1. The van der Waals surface area contributed by atoms with E-state index in [0.29, 0.717) is 17.0 Å². The van der Waals surface area contributed by atoms with E-state index in [1.54, 1.807) is 37.3 Å². The summed E-state index contributed by atoms with van der Waals surface area (Å²) in [5.74, 6) is -0.167. The minimum Gasteiger partial charge on any atom is -0.411 e. The van der Waals surface area contributed by atoms with Gasteiger partial charge in [-0.15, -0.1) is 0 Å². The molecule has 0 saturated carbocycles. The maximum absolute atomic E-state index is 12.2. The molecule has 5 heteroatoms. The topological polar surface area (TPSA) is 61.7 Å². The number of amides is 1. The molecule has 0 saturated heterocycles. The molecule has 0 bridgehead atoms. The van der Waals surface area contributed by atoms with Gasteiger partial charge in [-0.2, -0.15) is 0 Å².